The van der Waals surface area contributed by atoms with Gasteiger partial charge in [0.15, 0.2) is 0 Å². The molecule has 2 heterocycles. The maximum atomic E-state index is 12.2. The van der Waals surface area contributed by atoms with Gasteiger partial charge in [0.25, 0.3) is 0 Å². The second-order valence-electron chi connectivity index (χ2n) is 6.18. The Labute approximate surface area is 141 Å². The molecule has 0 radical (unpaired) electrons. The first-order chi connectivity index (χ1) is 11.6. The third kappa shape index (κ3) is 4.11. The minimum atomic E-state index is -0.305. The van der Waals surface area contributed by atoms with Gasteiger partial charge in [0, 0.05) is 6.42 Å². The van der Waals surface area contributed by atoms with E-state index in [-0.39, 0.29) is 24.7 Å². The number of benzene rings is 1. The molecule has 7 heteroatoms. The van der Waals surface area contributed by atoms with Crippen LogP contribution in [0.2, 0.25) is 0 Å². The Morgan fingerprint density at radius 2 is 2.21 bits per heavy atom. The highest BCUT2D eigenvalue weighted by atomic mass is 16.3. The molecule has 2 amide bonds. The molecule has 0 aliphatic carbocycles. The third-order valence-corrected chi connectivity index (χ3v) is 4.18. The summed E-state index contributed by atoms with van der Waals surface area (Å²) in [6, 6.07) is 9.27. The highest BCUT2D eigenvalue weighted by molar-refractivity contribution is 5.74. The largest absolute Gasteiger partial charge is 0.394 e. The van der Waals surface area contributed by atoms with E-state index >= 15 is 0 Å². The Bertz CT molecular complexity index is 686. The third-order valence-electron chi connectivity index (χ3n) is 4.18. The summed E-state index contributed by atoms with van der Waals surface area (Å²) < 4.78 is 1.86. The SMILES string of the molecule is Cc1nc2n(n1)C[C@H](NC(=O)N[C@H](CO)Cc1ccccc1)CC2. The molecule has 1 aromatic heterocycles. The van der Waals surface area contributed by atoms with Crippen molar-refractivity contribution in [2.75, 3.05) is 6.61 Å². The molecule has 3 N–H and O–H groups in total. The van der Waals surface area contributed by atoms with E-state index in [0.29, 0.717) is 13.0 Å². The molecular weight excluding hydrogens is 306 g/mol. The average molecular weight is 329 g/mol. The highest BCUT2D eigenvalue weighted by Gasteiger charge is 2.23. The minimum Gasteiger partial charge on any atom is -0.394 e. The lowest BCUT2D eigenvalue weighted by molar-refractivity contribution is 0.209. The topological polar surface area (TPSA) is 92.1 Å². The van der Waals surface area contributed by atoms with Crippen LogP contribution >= 0.6 is 0 Å². The van der Waals surface area contributed by atoms with Crippen molar-refractivity contribution in [3.8, 4) is 0 Å². The normalized spacial score (nSPS) is 17.8. The van der Waals surface area contributed by atoms with Crippen LogP contribution in [0.4, 0.5) is 4.79 Å². The Balaban J connectivity index is 1.51. The zero-order valence-corrected chi connectivity index (χ0v) is 13.8. The van der Waals surface area contributed by atoms with Crippen molar-refractivity contribution in [1.29, 1.82) is 0 Å². The molecule has 1 aliphatic heterocycles. The lowest BCUT2D eigenvalue weighted by Gasteiger charge is -2.25. The predicted molar refractivity (Wildman–Crippen MR) is 89.6 cm³/mol. The number of aliphatic hydroxyl groups excluding tert-OH is 1. The van der Waals surface area contributed by atoms with Crippen LogP contribution in [0.1, 0.15) is 23.6 Å². The lowest BCUT2D eigenvalue weighted by atomic mass is 10.1. The van der Waals surface area contributed by atoms with Gasteiger partial charge < -0.3 is 15.7 Å². The van der Waals surface area contributed by atoms with Crippen molar-refractivity contribution < 1.29 is 9.90 Å². The standard InChI is InChI=1S/C17H23N5O2/c1-12-18-16-8-7-14(10-22(16)21-12)19-17(24)20-15(11-23)9-13-5-3-2-4-6-13/h2-6,14-15,23H,7-11H2,1H3,(H2,19,20,24)/t14-,15+/m1/s1. The maximum absolute atomic E-state index is 12.2. The quantitative estimate of drug-likeness (QED) is 0.757. The van der Waals surface area contributed by atoms with Gasteiger partial charge in [0.05, 0.1) is 25.2 Å². The number of nitrogens with one attached hydrogen (secondary N) is 2. The van der Waals surface area contributed by atoms with Gasteiger partial charge in [0.1, 0.15) is 11.6 Å². The molecule has 24 heavy (non-hydrogen) atoms. The number of aromatic nitrogens is 3. The molecular formula is C17H23N5O2. The molecule has 0 fully saturated rings. The number of urea groups is 1. The van der Waals surface area contributed by atoms with Gasteiger partial charge in [0.2, 0.25) is 0 Å². The Hall–Kier alpha value is -2.41. The average Bonchev–Trinajstić information content (AvgIpc) is 2.94. The smallest absolute Gasteiger partial charge is 0.315 e. The van der Waals surface area contributed by atoms with Crippen molar-refractivity contribution >= 4 is 6.03 Å². The van der Waals surface area contributed by atoms with Crippen LogP contribution in [0.15, 0.2) is 30.3 Å². The van der Waals surface area contributed by atoms with Crippen molar-refractivity contribution in [2.24, 2.45) is 0 Å². The Morgan fingerprint density at radius 3 is 2.96 bits per heavy atom. The summed E-state index contributed by atoms with van der Waals surface area (Å²) in [5.74, 6) is 1.74. The second-order valence-corrected chi connectivity index (χ2v) is 6.18. The van der Waals surface area contributed by atoms with Crippen LogP contribution in [0.25, 0.3) is 0 Å². The van der Waals surface area contributed by atoms with Crippen LogP contribution < -0.4 is 10.6 Å². The van der Waals surface area contributed by atoms with Crippen LogP contribution in [-0.2, 0) is 19.4 Å². The van der Waals surface area contributed by atoms with Gasteiger partial charge in [-0.2, -0.15) is 5.10 Å². The first-order valence-corrected chi connectivity index (χ1v) is 8.26. The molecule has 1 aromatic carbocycles. The van der Waals surface area contributed by atoms with Crippen molar-refractivity contribution in [3.63, 3.8) is 0 Å². The Morgan fingerprint density at radius 1 is 1.42 bits per heavy atom. The minimum absolute atomic E-state index is 0.0228. The van der Waals surface area contributed by atoms with Crippen LogP contribution in [-0.4, -0.2) is 44.6 Å². The van der Waals surface area contributed by atoms with E-state index in [1.165, 1.54) is 0 Å². The van der Waals surface area contributed by atoms with Gasteiger partial charge in [-0.1, -0.05) is 30.3 Å². The molecule has 1 aliphatic rings. The fourth-order valence-electron chi connectivity index (χ4n) is 3.02. The van der Waals surface area contributed by atoms with Gasteiger partial charge in [-0.15, -0.1) is 0 Å². The van der Waals surface area contributed by atoms with Gasteiger partial charge in [-0.05, 0) is 25.3 Å². The molecule has 0 bridgehead atoms. The van der Waals surface area contributed by atoms with Gasteiger partial charge >= 0.3 is 6.03 Å². The number of nitrogens with zero attached hydrogens (tertiary/aromatic N) is 3. The summed E-state index contributed by atoms with van der Waals surface area (Å²) >= 11 is 0. The number of fused-ring (bicyclic) bond motifs is 1. The first kappa shape index (κ1) is 16.4. The number of hydrogen-bond donors (Lipinski definition) is 3. The molecule has 3 rings (SSSR count). The van der Waals surface area contributed by atoms with E-state index in [2.05, 4.69) is 20.7 Å². The zero-order chi connectivity index (χ0) is 16.9. The van der Waals surface area contributed by atoms with E-state index in [0.717, 1.165) is 30.1 Å². The van der Waals surface area contributed by atoms with E-state index < -0.39 is 0 Å². The van der Waals surface area contributed by atoms with E-state index in [9.17, 15) is 9.90 Å². The molecule has 128 valence electrons. The van der Waals surface area contributed by atoms with Crippen molar-refractivity contribution in [3.05, 3.63) is 47.5 Å². The van der Waals surface area contributed by atoms with Crippen LogP contribution in [0.3, 0.4) is 0 Å². The number of amides is 2. The van der Waals surface area contributed by atoms with Gasteiger partial charge in [-0.3, -0.25) is 0 Å². The van der Waals surface area contributed by atoms with Gasteiger partial charge in [-0.25, -0.2) is 14.5 Å². The second kappa shape index (κ2) is 7.44. The summed E-state index contributed by atoms with van der Waals surface area (Å²) in [5.41, 5.74) is 1.08. The van der Waals surface area contributed by atoms with E-state index in [4.69, 9.17) is 0 Å². The van der Waals surface area contributed by atoms with E-state index in [1.54, 1.807) is 0 Å². The van der Waals surface area contributed by atoms with Crippen LogP contribution in [0, 0.1) is 6.92 Å². The fourth-order valence-corrected chi connectivity index (χ4v) is 3.02. The number of hydrogen-bond acceptors (Lipinski definition) is 4. The zero-order valence-electron chi connectivity index (χ0n) is 13.8. The number of carbonyl (C=O) groups excluding carboxylic acids is 1. The molecule has 7 nitrogen and oxygen atoms in total. The van der Waals surface area contributed by atoms with Crippen LogP contribution in [0.5, 0.6) is 0 Å². The van der Waals surface area contributed by atoms with Crippen molar-refractivity contribution in [2.45, 2.75) is 44.8 Å². The molecule has 2 atom stereocenters. The predicted octanol–water partition coefficient (Wildman–Crippen LogP) is 0.804. The summed E-state index contributed by atoms with van der Waals surface area (Å²) in [6.07, 6.45) is 2.25. The van der Waals surface area contributed by atoms with Crippen molar-refractivity contribution in [1.82, 2.24) is 25.4 Å². The lowest BCUT2D eigenvalue weighted by Crippen LogP contribution is -2.50. The summed E-state index contributed by atoms with van der Waals surface area (Å²) in [5, 5.41) is 19.7. The molecule has 0 saturated carbocycles. The number of carbonyl (C=O) groups is 1. The maximum Gasteiger partial charge on any atom is 0.315 e. The molecule has 0 spiro atoms. The highest BCUT2D eigenvalue weighted by Crippen LogP contribution is 2.12. The number of rotatable bonds is 5. The summed E-state index contributed by atoms with van der Waals surface area (Å²) in [6.45, 7) is 2.40. The van der Waals surface area contributed by atoms with E-state index in [1.807, 2.05) is 41.9 Å². The monoisotopic (exact) mass is 329 g/mol. The Kier molecular flexibility index (Phi) is 5.10. The fraction of sp³-hybridized carbons (Fsp3) is 0.471. The summed E-state index contributed by atoms with van der Waals surface area (Å²) in [7, 11) is 0. The number of aliphatic hydroxyl groups is 1. The number of aryl methyl sites for hydroxylation is 2. The molecule has 0 unspecified atom stereocenters. The first-order valence-electron chi connectivity index (χ1n) is 8.26. The summed E-state index contributed by atoms with van der Waals surface area (Å²) in [4.78, 5) is 16.6. The molecule has 2 aromatic rings. The molecule has 0 saturated heterocycles.